The van der Waals surface area contributed by atoms with Crippen molar-refractivity contribution in [3.63, 3.8) is 0 Å². The van der Waals surface area contributed by atoms with E-state index < -0.39 is 23.8 Å². The van der Waals surface area contributed by atoms with Gasteiger partial charge in [0.15, 0.2) is 0 Å². The van der Waals surface area contributed by atoms with Gasteiger partial charge in [0.1, 0.15) is 5.75 Å². The lowest BCUT2D eigenvalue weighted by Gasteiger charge is -2.16. The molecular formula is C11H10ClF3O4. The molecule has 1 aromatic carbocycles. The molecule has 0 radical (unpaired) electrons. The van der Waals surface area contributed by atoms with Crippen LogP contribution in [0.4, 0.5) is 13.2 Å². The van der Waals surface area contributed by atoms with Crippen molar-refractivity contribution >= 4 is 17.6 Å². The molecule has 1 rings (SSSR count). The van der Waals surface area contributed by atoms with Gasteiger partial charge in [0.2, 0.25) is 6.10 Å². The molecule has 0 aliphatic carbocycles. The smallest absolute Gasteiger partial charge is 0.416 e. The van der Waals surface area contributed by atoms with Crippen LogP contribution in [0.25, 0.3) is 0 Å². The van der Waals surface area contributed by atoms with Gasteiger partial charge >= 0.3 is 12.1 Å². The van der Waals surface area contributed by atoms with E-state index in [1.807, 2.05) is 0 Å². The van der Waals surface area contributed by atoms with E-state index >= 15 is 0 Å². The van der Waals surface area contributed by atoms with Gasteiger partial charge in [0.05, 0.1) is 17.2 Å². The van der Waals surface area contributed by atoms with Crippen LogP contribution >= 0.6 is 11.6 Å². The Morgan fingerprint density at radius 3 is 2.53 bits per heavy atom. The number of halogens is 4. The summed E-state index contributed by atoms with van der Waals surface area (Å²) in [6.07, 6.45) is -5.87. The monoisotopic (exact) mass is 298 g/mol. The first-order valence-corrected chi connectivity index (χ1v) is 5.38. The van der Waals surface area contributed by atoms with Crippen LogP contribution in [0.15, 0.2) is 18.2 Å². The van der Waals surface area contributed by atoms with Crippen molar-refractivity contribution in [3.05, 3.63) is 28.8 Å². The van der Waals surface area contributed by atoms with Crippen molar-refractivity contribution in [1.29, 1.82) is 0 Å². The predicted octanol–water partition coefficient (Wildman–Crippen LogP) is 2.84. The van der Waals surface area contributed by atoms with E-state index in [-0.39, 0.29) is 17.4 Å². The van der Waals surface area contributed by atoms with Crippen molar-refractivity contribution < 1.29 is 32.5 Å². The molecule has 0 aliphatic heterocycles. The molecule has 0 aromatic heterocycles. The summed E-state index contributed by atoms with van der Waals surface area (Å²) in [6.45, 7) is -0.257. The van der Waals surface area contributed by atoms with Gasteiger partial charge in [0.25, 0.3) is 0 Å². The Morgan fingerprint density at radius 2 is 2.11 bits per heavy atom. The number of rotatable bonds is 5. The molecule has 0 saturated heterocycles. The Hall–Kier alpha value is -1.47. The molecule has 19 heavy (non-hydrogen) atoms. The summed E-state index contributed by atoms with van der Waals surface area (Å²) in [5, 5.41) is 8.49. The summed E-state index contributed by atoms with van der Waals surface area (Å²) in [7, 11) is 1.27. The molecule has 0 spiro atoms. The minimum Gasteiger partial charge on any atom is -0.478 e. The van der Waals surface area contributed by atoms with Crippen LogP contribution in [0.2, 0.25) is 5.02 Å². The zero-order chi connectivity index (χ0) is 14.6. The maximum Gasteiger partial charge on any atom is 0.416 e. The number of aliphatic carboxylic acids is 1. The first-order chi connectivity index (χ1) is 8.75. The summed E-state index contributed by atoms with van der Waals surface area (Å²) in [6, 6.07) is 2.40. The summed E-state index contributed by atoms with van der Waals surface area (Å²) in [5.41, 5.74) is -0.941. The molecule has 8 heteroatoms. The van der Waals surface area contributed by atoms with Crippen LogP contribution in [0.5, 0.6) is 5.75 Å². The average molecular weight is 299 g/mol. The van der Waals surface area contributed by atoms with Crippen LogP contribution < -0.4 is 4.74 Å². The third kappa shape index (κ3) is 4.29. The fraction of sp³-hybridized carbons (Fsp3) is 0.364. The SMILES string of the molecule is COCC(Oc1ccc(C(F)(F)F)cc1Cl)C(=O)O. The maximum absolute atomic E-state index is 12.4. The van der Waals surface area contributed by atoms with E-state index in [9.17, 15) is 18.0 Å². The number of ether oxygens (including phenoxy) is 2. The summed E-state index contributed by atoms with van der Waals surface area (Å²) < 4.78 is 46.8. The molecule has 1 aromatic rings. The van der Waals surface area contributed by atoms with Gasteiger partial charge in [-0.15, -0.1) is 0 Å². The van der Waals surface area contributed by atoms with Crippen LogP contribution in [-0.4, -0.2) is 30.9 Å². The predicted molar refractivity (Wildman–Crippen MR) is 60.4 cm³/mol. The van der Waals surface area contributed by atoms with Crippen LogP contribution in [0.3, 0.4) is 0 Å². The second-order valence-electron chi connectivity index (χ2n) is 3.54. The lowest BCUT2D eigenvalue weighted by atomic mass is 10.2. The molecule has 0 saturated carbocycles. The van der Waals surface area contributed by atoms with Gasteiger partial charge in [-0.05, 0) is 18.2 Å². The van der Waals surface area contributed by atoms with E-state index in [0.717, 1.165) is 12.1 Å². The number of hydrogen-bond acceptors (Lipinski definition) is 3. The topological polar surface area (TPSA) is 55.8 Å². The number of alkyl halides is 3. The van der Waals surface area contributed by atoms with E-state index in [1.165, 1.54) is 7.11 Å². The number of benzene rings is 1. The Balaban J connectivity index is 2.93. The Kier molecular flexibility index (Phi) is 5.02. The lowest BCUT2D eigenvalue weighted by Crippen LogP contribution is -2.31. The number of hydrogen-bond donors (Lipinski definition) is 1. The first kappa shape index (κ1) is 15.6. The van der Waals surface area contributed by atoms with Gasteiger partial charge in [0, 0.05) is 7.11 Å². The van der Waals surface area contributed by atoms with E-state index in [2.05, 4.69) is 4.74 Å². The molecule has 0 aliphatic rings. The zero-order valence-corrected chi connectivity index (χ0v) is 10.5. The quantitative estimate of drug-likeness (QED) is 0.908. The maximum atomic E-state index is 12.4. The van der Waals surface area contributed by atoms with Crippen molar-refractivity contribution in [2.75, 3.05) is 13.7 Å². The van der Waals surface area contributed by atoms with Crippen molar-refractivity contribution in [2.45, 2.75) is 12.3 Å². The van der Waals surface area contributed by atoms with Crippen molar-refractivity contribution in [1.82, 2.24) is 0 Å². The average Bonchev–Trinajstić information content (AvgIpc) is 2.29. The fourth-order valence-corrected chi connectivity index (χ4v) is 1.46. The highest BCUT2D eigenvalue weighted by Gasteiger charge is 2.31. The molecule has 0 amide bonds. The van der Waals surface area contributed by atoms with Crippen LogP contribution in [0, 0.1) is 0 Å². The standard InChI is InChI=1S/C11H10ClF3O4/c1-18-5-9(10(16)17)19-8-3-2-6(4-7(8)12)11(13,14)15/h2-4,9H,5H2,1H3,(H,16,17). The molecule has 0 heterocycles. The highest BCUT2D eigenvalue weighted by Crippen LogP contribution is 2.34. The highest BCUT2D eigenvalue weighted by molar-refractivity contribution is 6.32. The molecule has 1 atom stereocenters. The van der Waals surface area contributed by atoms with E-state index in [1.54, 1.807) is 0 Å². The van der Waals surface area contributed by atoms with E-state index in [0.29, 0.717) is 6.07 Å². The number of methoxy groups -OCH3 is 1. The summed E-state index contributed by atoms with van der Waals surface area (Å²) in [4.78, 5) is 10.8. The third-order valence-electron chi connectivity index (χ3n) is 2.12. The van der Waals surface area contributed by atoms with Crippen LogP contribution in [-0.2, 0) is 15.7 Å². The Morgan fingerprint density at radius 1 is 1.47 bits per heavy atom. The van der Waals surface area contributed by atoms with Gasteiger partial charge < -0.3 is 14.6 Å². The molecule has 1 N–H and O–H groups in total. The minimum absolute atomic E-state index is 0.154. The molecule has 106 valence electrons. The van der Waals surface area contributed by atoms with Gasteiger partial charge in [-0.2, -0.15) is 13.2 Å². The number of carboxylic acid groups (broad SMARTS) is 1. The molecule has 1 unspecified atom stereocenters. The third-order valence-corrected chi connectivity index (χ3v) is 2.42. The Labute approximate surface area is 111 Å². The second-order valence-corrected chi connectivity index (χ2v) is 3.95. The first-order valence-electron chi connectivity index (χ1n) is 5.01. The van der Waals surface area contributed by atoms with Gasteiger partial charge in [-0.25, -0.2) is 4.79 Å². The second kappa shape index (κ2) is 6.12. The van der Waals surface area contributed by atoms with Crippen LogP contribution in [0.1, 0.15) is 5.56 Å². The molecular weight excluding hydrogens is 289 g/mol. The number of carboxylic acids is 1. The molecule has 4 nitrogen and oxygen atoms in total. The Bertz CT molecular complexity index is 462. The van der Waals surface area contributed by atoms with E-state index in [4.69, 9.17) is 21.4 Å². The lowest BCUT2D eigenvalue weighted by molar-refractivity contribution is -0.147. The summed E-state index contributed by atoms with van der Waals surface area (Å²) in [5.74, 6) is -1.46. The molecule has 0 bridgehead atoms. The minimum atomic E-state index is -4.53. The fourth-order valence-electron chi connectivity index (χ4n) is 1.23. The van der Waals surface area contributed by atoms with Gasteiger partial charge in [-0.1, -0.05) is 11.6 Å². The largest absolute Gasteiger partial charge is 0.478 e. The summed E-state index contributed by atoms with van der Waals surface area (Å²) >= 11 is 5.63. The number of carbonyl (C=O) groups is 1. The molecule has 0 fully saturated rings. The van der Waals surface area contributed by atoms with Gasteiger partial charge in [-0.3, -0.25) is 0 Å². The zero-order valence-electron chi connectivity index (χ0n) is 9.70. The van der Waals surface area contributed by atoms with Crippen molar-refractivity contribution in [2.24, 2.45) is 0 Å². The highest BCUT2D eigenvalue weighted by atomic mass is 35.5. The normalized spacial score (nSPS) is 13.1. The van der Waals surface area contributed by atoms with Crippen molar-refractivity contribution in [3.8, 4) is 5.75 Å².